The predicted molar refractivity (Wildman–Crippen MR) is 50.3 cm³/mol. The minimum atomic E-state index is -0.755. The maximum atomic E-state index is 10.3. The third-order valence-corrected chi connectivity index (χ3v) is 1.65. The Bertz CT molecular complexity index is 323. The highest BCUT2D eigenvalue weighted by atomic mass is 35.5. The molecule has 0 atom stereocenters. The lowest BCUT2D eigenvalue weighted by molar-refractivity contribution is 0.266. The molecule has 4 heteroatoms. The summed E-state index contributed by atoms with van der Waals surface area (Å²) in [5.74, 6) is 0. The molecule has 0 saturated carbocycles. The van der Waals surface area contributed by atoms with Crippen LogP contribution in [0.4, 0.5) is 4.79 Å². The second kappa shape index (κ2) is 4.24. The Morgan fingerprint density at radius 3 is 2.67 bits per heavy atom. The van der Waals surface area contributed by atoms with Crippen molar-refractivity contribution in [2.45, 2.75) is 0 Å². The van der Waals surface area contributed by atoms with Gasteiger partial charge in [-0.3, -0.25) is 4.79 Å². The fraction of sp³-hybridized carbons (Fsp3) is 0. The first-order valence-corrected chi connectivity index (χ1v) is 3.94. The molecule has 0 aliphatic rings. The third kappa shape index (κ3) is 2.64. The summed E-state index contributed by atoms with van der Waals surface area (Å²) in [5.41, 5.74) is 0.674. The number of amides is 1. The minimum absolute atomic E-state index is 0.541. The van der Waals surface area contributed by atoms with Crippen molar-refractivity contribution in [3.8, 4) is 0 Å². The average molecular weight is 202 g/mol. The molecule has 0 saturated heterocycles. The molecule has 1 aromatic rings. The van der Waals surface area contributed by atoms with Crippen molar-refractivity contribution < 1.29 is 4.79 Å². The Labute approximate surface area is 79.8 Å². The van der Waals surface area contributed by atoms with E-state index >= 15 is 0 Å². The van der Waals surface area contributed by atoms with Gasteiger partial charge in [-0.05, 0) is 17.7 Å². The van der Waals surface area contributed by atoms with Crippen molar-refractivity contribution >= 4 is 34.8 Å². The number of nitrogens with zero attached hydrogens (tertiary/aromatic N) is 1. The highest BCUT2D eigenvalue weighted by molar-refractivity contribution is 6.63. The second-order valence-corrected chi connectivity index (χ2v) is 2.76. The number of rotatable bonds is 1. The van der Waals surface area contributed by atoms with E-state index in [9.17, 15) is 4.79 Å². The molecule has 0 spiro atoms. The first kappa shape index (κ1) is 9.23. The minimum Gasteiger partial charge on any atom is -0.253 e. The Hall–Kier alpha value is -0.860. The summed E-state index contributed by atoms with van der Waals surface area (Å²) in [6, 6.07) is 7.04. The van der Waals surface area contributed by atoms with Crippen molar-refractivity contribution in [1.29, 1.82) is 0 Å². The second-order valence-electron chi connectivity index (χ2n) is 2.03. The van der Waals surface area contributed by atoms with Crippen LogP contribution in [0.15, 0.2) is 29.3 Å². The molecule has 0 radical (unpaired) electrons. The number of benzene rings is 1. The van der Waals surface area contributed by atoms with Crippen molar-refractivity contribution in [2.24, 2.45) is 4.99 Å². The Morgan fingerprint density at radius 1 is 1.42 bits per heavy atom. The van der Waals surface area contributed by atoms with E-state index in [2.05, 4.69) is 4.99 Å². The molecule has 62 valence electrons. The third-order valence-electron chi connectivity index (χ3n) is 1.21. The van der Waals surface area contributed by atoms with Crippen LogP contribution in [0.5, 0.6) is 0 Å². The zero-order valence-corrected chi connectivity index (χ0v) is 7.51. The summed E-state index contributed by atoms with van der Waals surface area (Å²) in [4.78, 5) is 13.6. The van der Waals surface area contributed by atoms with Gasteiger partial charge in [-0.1, -0.05) is 29.8 Å². The van der Waals surface area contributed by atoms with Crippen LogP contribution < -0.4 is 0 Å². The van der Waals surface area contributed by atoms with Crippen LogP contribution >= 0.6 is 23.2 Å². The van der Waals surface area contributed by atoms with Gasteiger partial charge < -0.3 is 0 Å². The van der Waals surface area contributed by atoms with Gasteiger partial charge in [0, 0.05) is 16.8 Å². The Balaban J connectivity index is 2.89. The van der Waals surface area contributed by atoms with Gasteiger partial charge in [-0.25, -0.2) is 4.99 Å². The van der Waals surface area contributed by atoms with Gasteiger partial charge in [0.25, 0.3) is 0 Å². The van der Waals surface area contributed by atoms with Gasteiger partial charge in [0.15, 0.2) is 0 Å². The standard InChI is InChI=1S/C8H5Cl2NO/c9-7-4-2-1-3-6(7)5-11-8(10)12/h1-5H. The van der Waals surface area contributed by atoms with Crippen LogP contribution in [-0.4, -0.2) is 11.6 Å². The molecule has 0 N–H and O–H groups in total. The molecule has 1 rings (SSSR count). The SMILES string of the molecule is O=C(Cl)N=Cc1ccccc1Cl. The van der Waals surface area contributed by atoms with Crippen LogP contribution in [0.2, 0.25) is 5.02 Å². The molecule has 1 aromatic carbocycles. The summed E-state index contributed by atoms with van der Waals surface area (Å²) in [6.45, 7) is 0. The van der Waals surface area contributed by atoms with Gasteiger partial charge in [0.2, 0.25) is 0 Å². The van der Waals surface area contributed by atoms with Gasteiger partial charge in [-0.15, -0.1) is 0 Å². The zero-order chi connectivity index (χ0) is 8.97. The normalized spacial score (nSPS) is 10.5. The van der Waals surface area contributed by atoms with Crippen molar-refractivity contribution in [2.75, 3.05) is 0 Å². The van der Waals surface area contributed by atoms with E-state index in [4.69, 9.17) is 23.2 Å². The Kier molecular flexibility index (Phi) is 3.26. The number of hydrogen-bond acceptors (Lipinski definition) is 1. The highest BCUT2D eigenvalue weighted by Gasteiger charge is 1.94. The lowest BCUT2D eigenvalue weighted by Crippen LogP contribution is -1.83. The van der Waals surface area contributed by atoms with E-state index in [0.717, 1.165) is 0 Å². The molecule has 0 bridgehead atoms. The fourth-order valence-corrected chi connectivity index (χ4v) is 0.933. The molecule has 0 heterocycles. The van der Waals surface area contributed by atoms with Crippen molar-refractivity contribution in [3.05, 3.63) is 34.9 Å². The molecule has 0 aromatic heterocycles. The van der Waals surface area contributed by atoms with Crippen molar-refractivity contribution in [3.63, 3.8) is 0 Å². The number of aliphatic imine (C=N–C) groups is 1. The maximum Gasteiger partial charge on any atom is 0.339 e. The van der Waals surface area contributed by atoms with Gasteiger partial charge in [0.1, 0.15) is 0 Å². The molecule has 0 aliphatic carbocycles. The summed E-state index contributed by atoms with van der Waals surface area (Å²) in [5, 5.41) is -0.214. The monoisotopic (exact) mass is 201 g/mol. The molecule has 2 nitrogen and oxygen atoms in total. The van der Waals surface area contributed by atoms with Crippen LogP contribution in [0, 0.1) is 0 Å². The molecule has 1 amide bonds. The summed E-state index contributed by atoms with van der Waals surface area (Å²) < 4.78 is 0. The number of carbonyl (C=O) groups excluding carboxylic acids is 1. The molecule has 0 aliphatic heterocycles. The summed E-state index contributed by atoms with van der Waals surface area (Å²) in [7, 11) is 0. The zero-order valence-electron chi connectivity index (χ0n) is 6.00. The number of halogens is 2. The van der Waals surface area contributed by atoms with E-state index in [1.807, 2.05) is 0 Å². The highest BCUT2D eigenvalue weighted by Crippen LogP contribution is 2.12. The lowest BCUT2D eigenvalue weighted by atomic mass is 10.2. The van der Waals surface area contributed by atoms with Gasteiger partial charge in [0.05, 0.1) is 0 Å². The first-order valence-electron chi connectivity index (χ1n) is 3.18. The Morgan fingerprint density at radius 2 is 2.08 bits per heavy atom. The van der Waals surface area contributed by atoms with Crippen molar-refractivity contribution in [1.82, 2.24) is 0 Å². The van der Waals surface area contributed by atoms with Crippen LogP contribution in [0.1, 0.15) is 5.56 Å². The van der Waals surface area contributed by atoms with E-state index < -0.39 is 5.37 Å². The van der Waals surface area contributed by atoms with E-state index in [-0.39, 0.29) is 0 Å². The topological polar surface area (TPSA) is 29.4 Å². The van der Waals surface area contributed by atoms with E-state index in [1.54, 1.807) is 24.3 Å². The largest absolute Gasteiger partial charge is 0.339 e. The van der Waals surface area contributed by atoms with Crippen LogP contribution in [0.3, 0.4) is 0 Å². The molecule has 0 fully saturated rings. The first-order chi connectivity index (χ1) is 5.70. The molecular formula is C8H5Cl2NO. The lowest BCUT2D eigenvalue weighted by Gasteiger charge is -1.93. The number of carbonyl (C=O) groups is 1. The van der Waals surface area contributed by atoms with Gasteiger partial charge in [-0.2, -0.15) is 0 Å². The smallest absolute Gasteiger partial charge is 0.253 e. The van der Waals surface area contributed by atoms with E-state index in [1.165, 1.54) is 6.21 Å². The van der Waals surface area contributed by atoms with Crippen LogP contribution in [0.25, 0.3) is 0 Å². The maximum absolute atomic E-state index is 10.3. The summed E-state index contributed by atoms with van der Waals surface area (Å²) in [6.07, 6.45) is 1.33. The van der Waals surface area contributed by atoms with Gasteiger partial charge >= 0.3 is 5.37 Å². The summed E-state index contributed by atoms with van der Waals surface area (Å²) >= 11 is 10.8. The van der Waals surface area contributed by atoms with Crippen LogP contribution in [-0.2, 0) is 0 Å². The molecular weight excluding hydrogens is 197 g/mol. The number of hydrogen-bond donors (Lipinski definition) is 0. The fourth-order valence-electron chi connectivity index (χ4n) is 0.700. The van der Waals surface area contributed by atoms with E-state index in [0.29, 0.717) is 10.6 Å². The molecule has 0 unspecified atom stereocenters. The average Bonchev–Trinajstić information content (AvgIpc) is 2.03. The quantitative estimate of drug-likeness (QED) is 0.390. The predicted octanol–water partition coefficient (Wildman–Crippen LogP) is 3.12. The molecule has 12 heavy (non-hydrogen) atoms.